The molecule has 1 unspecified atom stereocenters. The Bertz CT molecular complexity index is 553. The van der Waals surface area contributed by atoms with E-state index in [0.717, 1.165) is 24.8 Å². The molecule has 0 aromatic heterocycles. The molecule has 0 spiro atoms. The molecule has 2 N–H and O–H groups in total. The number of hydrogen-bond acceptors (Lipinski definition) is 3. The minimum atomic E-state index is -3.35. The van der Waals surface area contributed by atoms with Crippen LogP contribution in [0.5, 0.6) is 0 Å². The normalized spacial score (nSPS) is 19.0. The quantitative estimate of drug-likeness (QED) is 0.921. The van der Waals surface area contributed by atoms with Crippen LogP contribution < -0.4 is 5.73 Å². The van der Waals surface area contributed by atoms with Crippen LogP contribution in [0.3, 0.4) is 0 Å². The van der Waals surface area contributed by atoms with Gasteiger partial charge in [0.05, 0.1) is 4.90 Å². The molecule has 1 heterocycles. The molecule has 0 amide bonds. The lowest BCUT2D eigenvalue weighted by Crippen LogP contribution is -2.42. The molecule has 1 saturated heterocycles. The minimum Gasteiger partial charge on any atom is -0.328 e. The van der Waals surface area contributed by atoms with Crippen molar-refractivity contribution in [2.45, 2.75) is 44.0 Å². The maximum Gasteiger partial charge on any atom is 0.243 e. The van der Waals surface area contributed by atoms with Gasteiger partial charge in [-0.1, -0.05) is 19.1 Å². The number of hydrogen-bond donors (Lipinski definition) is 1. The maximum absolute atomic E-state index is 12.6. The topological polar surface area (TPSA) is 63.4 Å². The first-order valence-corrected chi connectivity index (χ1v) is 8.74. The molecule has 4 nitrogen and oxygen atoms in total. The average molecular weight is 333 g/mol. The molecule has 1 atom stereocenters. The van der Waals surface area contributed by atoms with Crippen molar-refractivity contribution in [1.29, 1.82) is 0 Å². The van der Waals surface area contributed by atoms with Crippen molar-refractivity contribution in [2.75, 3.05) is 13.1 Å². The van der Waals surface area contributed by atoms with E-state index in [2.05, 4.69) is 0 Å². The predicted octanol–water partition coefficient (Wildman–Crippen LogP) is 2.42. The Morgan fingerprint density at radius 2 is 1.95 bits per heavy atom. The molecule has 6 heteroatoms. The Labute approximate surface area is 134 Å². The van der Waals surface area contributed by atoms with E-state index in [1.807, 2.05) is 26.0 Å². The van der Waals surface area contributed by atoms with Crippen LogP contribution in [0.4, 0.5) is 0 Å². The second-order valence-corrected chi connectivity index (χ2v) is 7.54. The highest BCUT2D eigenvalue weighted by atomic mass is 35.5. The van der Waals surface area contributed by atoms with Crippen molar-refractivity contribution in [1.82, 2.24) is 4.31 Å². The van der Waals surface area contributed by atoms with Gasteiger partial charge in [-0.05, 0) is 49.8 Å². The van der Waals surface area contributed by atoms with Gasteiger partial charge in [0.2, 0.25) is 10.0 Å². The Morgan fingerprint density at radius 3 is 2.48 bits per heavy atom. The van der Waals surface area contributed by atoms with Crippen LogP contribution in [0.25, 0.3) is 0 Å². The SMILES string of the molecule is CCc1cccc(S(=O)(=O)N2CCC(C(C)N)CC2)c1.Cl. The fourth-order valence-corrected chi connectivity index (χ4v) is 4.26. The van der Waals surface area contributed by atoms with Crippen molar-refractivity contribution in [3.8, 4) is 0 Å². The van der Waals surface area contributed by atoms with Crippen molar-refractivity contribution < 1.29 is 8.42 Å². The third-order valence-electron chi connectivity index (χ3n) is 4.19. The van der Waals surface area contributed by atoms with Crippen LogP contribution >= 0.6 is 12.4 Å². The molecular weight excluding hydrogens is 308 g/mol. The summed E-state index contributed by atoms with van der Waals surface area (Å²) >= 11 is 0. The first kappa shape index (κ1) is 18.4. The van der Waals surface area contributed by atoms with Crippen LogP contribution in [0.2, 0.25) is 0 Å². The van der Waals surface area contributed by atoms with Gasteiger partial charge in [0.15, 0.2) is 0 Å². The number of halogens is 1. The van der Waals surface area contributed by atoms with Gasteiger partial charge in [0.25, 0.3) is 0 Å². The van der Waals surface area contributed by atoms with Gasteiger partial charge >= 0.3 is 0 Å². The summed E-state index contributed by atoms with van der Waals surface area (Å²) < 4.78 is 26.9. The summed E-state index contributed by atoms with van der Waals surface area (Å²) in [6, 6.07) is 7.39. The standard InChI is InChI=1S/C15H24N2O2S.ClH/c1-3-13-5-4-6-15(11-13)20(18,19)17-9-7-14(8-10-17)12(2)16;/h4-6,11-12,14H,3,7-10,16H2,1-2H3;1H. The number of benzene rings is 1. The number of rotatable bonds is 4. The van der Waals surface area contributed by atoms with E-state index in [-0.39, 0.29) is 18.4 Å². The molecule has 0 aliphatic carbocycles. The van der Waals surface area contributed by atoms with Crippen LogP contribution in [0, 0.1) is 5.92 Å². The van der Waals surface area contributed by atoms with Crippen LogP contribution in [0.1, 0.15) is 32.3 Å². The number of aryl methyl sites for hydroxylation is 1. The van der Waals surface area contributed by atoms with Crippen molar-refractivity contribution in [2.24, 2.45) is 11.7 Å². The number of sulfonamides is 1. The Balaban J connectivity index is 0.00000220. The zero-order chi connectivity index (χ0) is 14.8. The molecule has 1 aliphatic heterocycles. The lowest BCUT2D eigenvalue weighted by Gasteiger charge is -2.33. The molecule has 1 aromatic carbocycles. The van der Waals surface area contributed by atoms with E-state index < -0.39 is 10.0 Å². The zero-order valence-corrected chi connectivity index (χ0v) is 14.3. The number of piperidine rings is 1. The summed E-state index contributed by atoms with van der Waals surface area (Å²) in [7, 11) is -3.35. The highest BCUT2D eigenvalue weighted by Crippen LogP contribution is 2.25. The molecule has 0 saturated carbocycles. The largest absolute Gasteiger partial charge is 0.328 e. The molecule has 1 fully saturated rings. The molecule has 21 heavy (non-hydrogen) atoms. The first-order valence-electron chi connectivity index (χ1n) is 7.30. The van der Waals surface area contributed by atoms with E-state index in [9.17, 15) is 8.42 Å². The monoisotopic (exact) mass is 332 g/mol. The van der Waals surface area contributed by atoms with Gasteiger partial charge in [0.1, 0.15) is 0 Å². The lowest BCUT2D eigenvalue weighted by atomic mass is 9.92. The van der Waals surface area contributed by atoms with Gasteiger partial charge < -0.3 is 5.73 Å². The molecule has 1 aliphatic rings. The van der Waals surface area contributed by atoms with Crippen LogP contribution in [-0.4, -0.2) is 31.9 Å². The van der Waals surface area contributed by atoms with E-state index in [0.29, 0.717) is 23.9 Å². The first-order chi connectivity index (χ1) is 9.45. The van der Waals surface area contributed by atoms with Crippen molar-refractivity contribution in [3.63, 3.8) is 0 Å². The summed E-state index contributed by atoms with van der Waals surface area (Å²) in [6.45, 7) is 5.18. The fourth-order valence-electron chi connectivity index (χ4n) is 2.72. The average Bonchev–Trinajstić information content (AvgIpc) is 2.47. The van der Waals surface area contributed by atoms with Crippen LogP contribution in [0.15, 0.2) is 29.2 Å². The highest BCUT2D eigenvalue weighted by molar-refractivity contribution is 7.89. The molecular formula is C15H25ClN2O2S. The van der Waals surface area contributed by atoms with Crippen LogP contribution in [-0.2, 0) is 16.4 Å². The van der Waals surface area contributed by atoms with Crippen molar-refractivity contribution >= 4 is 22.4 Å². The van der Waals surface area contributed by atoms with E-state index in [1.54, 1.807) is 16.4 Å². The Morgan fingerprint density at radius 1 is 1.33 bits per heavy atom. The molecule has 2 rings (SSSR count). The second-order valence-electron chi connectivity index (χ2n) is 5.60. The Hall–Kier alpha value is -0.620. The summed E-state index contributed by atoms with van der Waals surface area (Å²) in [5.41, 5.74) is 6.96. The summed E-state index contributed by atoms with van der Waals surface area (Å²) in [5.74, 6) is 0.434. The van der Waals surface area contributed by atoms with Gasteiger partial charge in [-0.2, -0.15) is 4.31 Å². The fraction of sp³-hybridized carbons (Fsp3) is 0.600. The summed E-state index contributed by atoms with van der Waals surface area (Å²) in [4.78, 5) is 0.413. The zero-order valence-electron chi connectivity index (χ0n) is 12.7. The van der Waals surface area contributed by atoms with Crippen molar-refractivity contribution in [3.05, 3.63) is 29.8 Å². The lowest BCUT2D eigenvalue weighted by molar-refractivity contribution is 0.250. The number of nitrogens with zero attached hydrogens (tertiary/aromatic N) is 1. The third-order valence-corrected chi connectivity index (χ3v) is 6.08. The third kappa shape index (κ3) is 4.19. The number of nitrogens with two attached hydrogens (primary N) is 1. The summed E-state index contributed by atoms with van der Waals surface area (Å²) in [5, 5.41) is 0. The van der Waals surface area contributed by atoms with Gasteiger partial charge in [-0.3, -0.25) is 0 Å². The minimum absolute atomic E-state index is 0. The molecule has 0 bridgehead atoms. The Kier molecular flexibility index (Phi) is 6.66. The smallest absolute Gasteiger partial charge is 0.243 e. The maximum atomic E-state index is 12.6. The molecule has 1 aromatic rings. The van der Waals surface area contributed by atoms with Gasteiger partial charge in [0, 0.05) is 19.1 Å². The van der Waals surface area contributed by atoms with Gasteiger partial charge in [-0.25, -0.2) is 8.42 Å². The van der Waals surface area contributed by atoms with E-state index in [4.69, 9.17) is 5.73 Å². The molecule has 120 valence electrons. The highest BCUT2D eigenvalue weighted by Gasteiger charge is 2.30. The molecule has 0 radical (unpaired) electrons. The predicted molar refractivity (Wildman–Crippen MR) is 88.2 cm³/mol. The summed E-state index contributed by atoms with van der Waals surface area (Å²) in [6.07, 6.45) is 2.55. The van der Waals surface area contributed by atoms with E-state index >= 15 is 0 Å². The van der Waals surface area contributed by atoms with E-state index in [1.165, 1.54) is 0 Å². The second kappa shape index (κ2) is 7.58. The van der Waals surface area contributed by atoms with Gasteiger partial charge in [-0.15, -0.1) is 12.4 Å².